The number of likely N-dealkylation sites (tertiary alicyclic amines) is 1. The van der Waals surface area contributed by atoms with Gasteiger partial charge in [-0.2, -0.15) is 0 Å². The van der Waals surface area contributed by atoms with Crippen LogP contribution in [-0.4, -0.2) is 35.8 Å². The summed E-state index contributed by atoms with van der Waals surface area (Å²) >= 11 is 7.75. The Morgan fingerprint density at radius 2 is 2.25 bits per heavy atom. The summed E-state index contributed by atoms with van der Waals surface area (Å²) in [6, 6.07) is 5.42. The van der Waals surface area contributed by atoms with Crippen molar-refractivity contribution < 1.29 is 9.59 Å². The summed E-state index contributed by atoms with van der Waals surface area (Å²) in [7, 11) is 0. The first kappa shape index (κ1) is 13.9. The Hall–Kier alpha value is -1.01. The van der Waals surface area contributed by atoms with Crippen LogP contribution in [0.5, 0.6) is 0 Å². The van der Waals surface area contributed by atoms with Gasteiger partial charge in [0.2, 0.25) is 5.91 Å². The van der Waals surface area contributed by atoms with Crippen LogP contribution < -0.4 is 5.32 Å². The van der Waals surface area contributed by atoms with Gasteiger partial charge in [-0.3, -0.25) is 9.59 Å². The van der Waals surface area contributed by atoms with E-state index in [9.17, 15) is 9.59 Å². The van der Waals surface area contributed by atoms with Gasteiger partial charge < -0.3 is 10.2 Å². The van der Waals surface area contributed by atoms with Gasteiger partial charge in [-0.1, -0.05) is 15.9 Å². The van der Waals surface area contributed by atoms with Gasteiger partial charge in [-0.25, -0.2) is 0 Å². The second kappa shape index (κ2) is 5.41. The quantitative estimate of drug-likeness (QED) is 0.758. The molecule has 0 radical (unpaired) electrons. The van der Waals surface area contributed by atoms with Crippen molar-refractivity contribution in [2.24, 2.45) is 5.92 Å². The number of halogens is 1. The van der Waals surface area contributed by atoms with E-state index in [2.05, 4.69) is 33.9 Å². The molecule has 0 spiro atoms. The Labute approximate surface area is 131 Å². The maximum atomic E-state index is 12.7. The average Bonchev–Trinajstić information content (AvgIpc) is 2.80. The van der Waals surface area contributed by atoms with Gasteiger partial charge in [0.15, 0.2) is 0 Å². The van der Waals surface area contributed by atoms with E-state index in [-0.39, 0.29) is 23.8 Å². The lowest BCUT2D eigenvalue weighted by atomic mass is 9.91. The topological polar surface area (TPSA) is 49.4 Å². The highest BCUT2D eigenvalue weighted by Gasteiger charge is 2.42. The highest BCUT2D eigenvalue weighted by Crippen LogP contribution is 2.30. The van der Waals surface area contributed by atoms with Gasteiger partial charge in [0.05, 0.1) is 17.5 Å². The fraction of sp³-hybridized carbons (Fsp3) is 0.429. The molecule has 106 valence electrons. The van der Waals surface area contributed by atoms with Crippen molar-refractivity contribution in [2.75, 3.05) is 13.1 Å². The summed E-state index contributed by atoms with van der Waals surface area (Å²) < 4.78 is 0.897. The number of hydrogen-bond donors (Lipinski definition) is 2. The normalized spacial score (nSPS) is 25.3. The number of rotatable bonds is 1. The molecule has 0 aromatic heterocycles. The third-order valence-electron chi connectivity index (χ3n) is 4.05. The number of fused-ring (bicyclic) bond motifs is 1. The fourth-order valence-electron chi connectivity index (χ4n) is 3.04. The van der Waals surface area contributed by atoms with Crippen molar-refractivity contribution in [3.63, 3.8) is 0 Å². The number of benzene rings is 1. The number of piperidine rings is 1. The van der Waals surface area contributed by atoms with Gasteiger partial charge in [0.25, 0.3) is 5.91 Å². The molecule has 6 heteroatoms. The zero-order valence-electron chi connectivity index (χ0n) is 10.8. The average molecular weight is 355 g/mol. The molecule has 2 heterocycles. The Balaban J connectivity index is 1.88. The molecular weight excluding hydrogens is 340 g/mol. The SMILES string of the molecule is O=C1NCC2C1CCCN2C(=O)c1ccc(Br)cc1S. The zero-order chi connectivity index (χ0) is 14.3. The monoisotopic (exact) mass is 354 g/mol. The zero-order valence-corrected chi connectivity index (χ0v) is 13.3. The molecule has 1 N–H and O–H groups in total. The Morgan fingerprint density at radius 1 is 1.45 bits per heavy atom. The molecule has 1 aromatic rings. The largest absolute Gasteiger partial charge is 0.354 e. The molecule has 2 amide bonds. The minimum Gasteiger partial charge on any atom is -0.354 e. The van der Waals surface area contributed by atoms with E-state index in [1.807, 2.05) is 17.0 Å². The molecule has 2 atom stereocenters. The van der Waals surface area contributed by atoms with E-state index in [1.54, 1.807) is 6.07 Å². The predicted molar refractivity (Wildman–Crippen MR) is 82.0 cm³/mol. The van der Waals surface area contributed by atoms with Crippen molar-refractivity contribution in [1.29, 1.82) is 0 Å². The van der Waals surface area contributed by atoms with E-state index in [4.69, 9.17) is 0 Å². The second-order valence-electron chi connectivity index (χ2n) is 5.22. The highest BCUT2D eigenvalue weighted by molar-refractivity contribution is 9.10. The summed E-state index contributed by atoms with van der Waals surface area (Å²) in [6.07, 6.45) is 1.74. The smallest absolute Gasteiger partial charge is 0.255 e. The number of thiol groups is 1. The maximum absolute atomic E-state index is 12.7. The van der Waals surface area contributed by atoms with E-state index < -0.39 is 0 Å². The molecule has 2 fully saturated rings. The minimum absolute atomic E-state index is 0.0138. The number of nitrogens with zero attached hydrogens (tertiary/aromatic N) is 1. The molecule has 1 aromatic carbocycles. The molecule has 3 rings (SSSR count). The highest BCUT2D eigenvalue weighted by atomic mass is 79.9. The molecule has 4 nitrogen and oxygen atoms in total. The molecule has 0 aliphatic carbocycles. The third kappa shape index (κ3) is 2.35. The van der Waals surface area contributed by atoms with Crippen LogP contribution in [0.1, 0.15) is 23.2 Å². The lowest BCUT2D eigenvalue weighted by Gasteiger charge is -2.36. The van der Waals surface area contributed by atoms with Crippen LogP contribution in [0.15, 0.2) is 27.6 Å². The van der Waals surface area contributed by atoms with E-state index in [0.29, 0.717) is 23.5 Å². The van der Waals surface area contributed by atoms with Crippen molar-refractivity contribution >= 4 is 40.4 Å². The number of nitrogens with one attached hydrogen (secondary N) is 1. The second-order valence-corrected chi connectivity index (χ2v) is 6.62. The lowest BCUT2D eigenvalue weighted by Crippen LogP contribution is -2.48. The van der Waals surface area contributed by atoms with E-state index in [0.717, 1.165) is 17.3 Å². The molecule has 20 heavy (non-hydrogen) atoms. The first-order chi connectivity index (χ1) is 9.58. The summed E-state index contributed by atoms with van der Waals surface area (Å²) in [6.45, 7) is 1.27. The van der Waals surface area contributed by atoms with Gasteiger partial charge >= 0.3 is 0 Å². The summed E-state index contributed by atoms with van der Waals surface area (Å²) in [4.78, 5) is 26.9. The van der Waals surface area contributed by atoms with E-state index >= 15 is 0 Å². The Bertz CT molecular complexity index is 578. The van der Waals surface area contributed by atoms with Crippen molar-refractivity contribution in [3.05, 3.63) is 28.2 Å². The number of amides is 2. The first-order valence-corrected chi connectivity index (χ1v) is 7.89. The molecule has 0 saturated carbocycles. The fourth-order valence-corrected chi connectivity index (χ4v) is 3.89. The Kier molecular flexibility index (Phi) is 3.77. The first-order valence-electron chi connectivity index (χ1n) is 6.65. The van der Waals surface area contributed by atoms with Crippen LogP contribution >= 0.6 is 28.6 Å². The summed E-state index contributed by atoms with van der Waals surface area (Å²) in [5, 5.41) is 2.86. The summed E-state index contributed by atoms with van der Waals surface area (Å²) in [5.74, 6) is -0.00498. The van der Waals surface area contributed by atoms with Gasteiger partial charge in [-0.15, -0.1) is 12.6 Å². The van der Waals surface area contributed by atoms with Crippen LogP contribution in [0.4, 0.5) is 0 Å². The Morgan fingerprint density at radius 3 is 3.00 bits per heavy atom. The maximum Gasteiger partial charge on any atom is 0.255 e. The van der Waals surface area contributed by atoms with Crippen LogP contribution in [0, 0.1) is 5.92 Å². The molecular formula is C14H15BrN2O2S. The van der Waals surface area contributed by atoms with Crippen molar-refractivity contribution in [2.45, 2.75) is 23.8 Å². The van der Waals surface area contributed by atoms with Crippen LogP contribution in [0.3, 0.4) is 0 Å². The van der Waals surface area contributed by atoms with Crippen LogP contribution in [0.2, 0.25) is 0 Å². The third-order valence-corrected chi connectivity index (χ3v) is 4.92. The van der Waals surface area contributed by atoms with Crippen LogP contribution in [-0.2, 0) is 4.79 Å². The number of carbonyl (C=O) groups excluding carboxylic acids is 2. The standard InChI is InChI=1S/C14H15BrN2O2S/c15-8-3-4-10(12(20)6-8)14(19)17-5-1-2-9-11(17)7-16-13(9)18/h3-4,6,9,11,20H,1-2,5,7H2,(H,16,18). The molecule has 0 bridgehead atoms. The number of carbonyl (C=O) groups is 2. The molecule has 2 saturated heterocycles. The molecule has 2 unspecified atom stereocenters. The lowest BCUT2D eigenvalue weighted by molar-refractivity contribution is -0.123. The van der Waals surface area contributed by atoms with Gasteiger partial charge in [0.1, 0.15) is 0 Å². The number of hydrogen-bond acceptors (Lipinski definition) is 3. The summed E-state index contributed by atoms with van der Waals surface area (Å²) in [5.41, 5.74) is 0.594. The van der Waals surface area contributed by atoms with Gasteiger partial charge in [0, 0.05) is 22.5 Å². The predicted octanol–water partition coefficient (Wildman–Crippen LogP) is 2.09. The minimum atomic E-state index is -0.0495. The molecule has 2 aliphatic rings. The van der Waals surface area contributed by atoms with Crippen molar-refractivity contribution in [1.82, 2.24) is 10.2 Å². The van der Waals surface area contributed by atoms with Gasteiger partial charge in [-0.05, 0) is 31.0 Å². The van der Waals surface area contributed by atoms with E-state index in [1.165, 1.54) is 0 Å². The van der Waals surface area contributed by atoms with Crippen molar-refractivity contribution in [3.8, 4) is 0 Å². The van der Waals surface area contributed by atoms with Crippen LogP contribution in [0.25, 0.3) is 0 Å². The molecule has 2 aliphatic heterocycles.